The van der Waals surface area contributed by atoms with E-state index in [-0.39, 0.29) is 25.0 Å². The molecule has 0 aliphatic carbocycles. The van der Waals surface area contributed by atoms with Gasteiger partial charge in [-0.15, -0.1) is 0 Å². The predicted octanol–water partition coefficient (Wildman–Crippen LogP) is 3.66. The summed E-state index contributed by atoms with van der Waals surface area (Å²) in [6.45, 7) is 9.39. The van der Waals surface area contributed by atoms with Crippen molar-refractivity contribution in [1.82, 2.24) is 5.32 Å². The van der Waals surface area contributed by atoms with Gasteiger partial charge in [0.25, 0.3) is 5.91 Å². The fourth-order valence-electron chi connectivity index (χ4n) is 5.60. The van der Waals surface area contributed by atoms with Gasteiger partial charge in [-0.25, -0.2) is 4.79 Å². The molecule has 1 amide bonds. The number of amides is 1. The zero-order valence-electron chi connectivity index (χ0n) is 25.4. The molecule has 0 spiro atoms. The molecule has 2 aromatic rings. The van der Waals surface area contributed by atoms with Crippen LogP contribution in [-0.4, -0.2) is 84.5 Å². The lowest BCUT2D eigenvalue weighted by Crippen LogP contribution is -2.64. The number of hydrogen-bond acceptors (Lipinski definition) is 10. The minimum Gasteiger partial charge on any atom is -0.481 e. The number of para-hydroxylation sites is 1. The van der Waals surface area contributed by atoms with Gasteiger partial charge in [0.1, 0.15) is 30.1 Å². The smallest absolute Gasteiger partial charge is 0.328 e. The molecule has 0 bridgehead atoms. The highest BCUT2D eigenvalue weighted by atomic mass is 16.8. The summed E-state index contributed by atoms with van der Waals surface area (Å²) in [4.78, 5) is 36.7. The van der Waals surface area contributed by atoms with Crippen LogP contribution in [0.4, 0.5) is 0 Å². The molecule has 0 unspecified atom stereocenters. The van der Waals surface area contributed by atoms with E-state index in [4.69, 9.17) is 38.3 Å². The maximum atomic E-state index is 13.2. The van der Waals surface area contributed by atoms with Gasteiger partial charge < -0.3 is 43.6 Å². The minimum atomic E-state index is -1.10. The third-order valence-corrected chi connectivity index (χ3v) is 7.54. The summed E-state index contributed by atoms with van der Waals surface area (Å²) in [5.74, 6) is -3.50. The number of aliphatic carboxylic acids is 1. The van der Waals surface area contributed by atoms with E-state index in [0.29, 0.717) is 23.5 Å². The number of hydrogen-bond donors (Lipinski definition) is 2. The first kappa shape index (κ1) is 31.9. The Labute approximate surface area is 255 Å². The Kier molecular flexibility index (Phi) is 9.28. The Bertz CT molecular complexity index is 1380. The van der Waals surface area contributed by atoms with Crippen LogP contribution in [0.3, 0.4) is 0 Å². The number of ether oxygens (including phenoxy) is 7. The second-order valence-corrected chi connectivity index (χ2v) is 11.8. The van der Waals surface area contributed by atoms with Crippen LogP contribution < -0.4 is 10.1 Å². The Hall–Kier alpha value is -3.55. The Morgan fingerprint density at radius 2 is 1.70 bits per heavy atom. The summed E-state index contributed by atoms with van der Waals surface area (Å²) in [5, 5.41) is 11.7. The van der Waals surface area contributed by atoms with E-state index in [9.17, 15) is 14.4 Å². The van der Waals surface area contributed by atoms with E-state index in [2.05, 4.69) is 5.32 Å². The van der Waals surface area contributed by atoms with Gasteiger partial charge in [0.2, 0.25) is 6.29 Å². The molecule has 3 saturated heterocycles. The molecule has 2 aromatic carbocycles. The fourth-order valence-corrected chi connectivity index (χ4v) is 5.60. The highest BCUT2D eigenvalue weighted by Gasteiger charge is 2.59. The van der Waals surface area contributed by atoms with Crippen molar-refractivity contribution < 1.29 is 52.6 Å². The lowest BCUT2D eigenvalue weighted by Gasteiger charge is -2.48. The first-order chi connectivity index (χ1) is 20.9. The summed E-state index contributed by atoms with van der Waals surface area (Å²) in [6.07, 6.45) is -3.14. The number of carbonyl (C=O) groups is 3. The molecule has 5 rings (SSSR count). The number of carbonyl (C=O) groups excluding carboxylic acids is 2. The summed E-state index contributed by atoms with van der Waals surface area (Å²) < 4.78 is 42.4. The van der Waals surface area contributed by atoms with Gasteiger partial charge in [-0.1, -0.05) is 30.3 Å². The average Bonchev–Trinajstić information content (AvgIpc) is 3.31. The SMILES string of the molecule is CCOC(=O)[C@H](CCC(=O)O)NC(=O)c1cccc(-c2ccccc2O[C@H]2O[C@@H]3COC(C)(C)O[C@H]3[C@@H]3OC(C)(C)O[C@H]23)c1. The molecule has 3 aliphatic rings. The Balaban J connectivity index is 1.36. The van der Waals surface area contributed by atoms with Crippen LogP contribution in [0.25, 0.3) is 11.1 Å². The van der Waals surface area contributed by atoms with Crippen LogP contribution >= 0.6 is 0 Å². The third-order valence-electron chi connectivity index (χ3n) is 7.54. The van der Waals surface area contributed by atoms with Gasteiger partial charge in [-0.2, -0.15) is 0 Å². The molecule has 238 valence electrons. The third kappa shape index (κ3) is 7.22. The number of nitrogens with one attached hydrogen (secondary N) is 1. The van der Waals surface area contributed by atoms with Gasteiger partial charge in [-0.05, 0) is 64.8 Å². The van der Waals surface area contributed by atoms with Crippen LogP contribution in [0.15, 0.2) is 48.5 Å². The van der Waals surface area contributed by atoms with Crippen molar-refractivity contribution in [2.45, 2.75) is 95.8 Å². The first-order valence-electron chi connectivity index (χ1n) is 14.7. The highest BCUT2D eigenvalue weighted by Crippen LogP contribution is 2.43. The number of fused-ring (bicyclic) bond motifs is 3. The summed E-state index contributed by atoms with van der Waals surface area (Å²) >= 11 is 0. The molecule has 3 heterocycles. The van der Waals surface area contributed by atoms with Crippen LogP contribution in [0.5, 0.6) is 5.75 Å². The van der Waals surface area contributed by atoms with Crippen LogP contribution in [0.2, 0.25) is 0 Å². The molecule has 0 aromatic heterocycles. The topological polar surface area (TPSA) is 148 Å². The number of carboxylic acids is 1. The van der Waals surface area contributed by atoms with E-state index < -0.39 is 66.2 Å². The maximum Gasteiger partial charge on any atom is 0.328 e. The summed E-state index contributed by atoms with van der Waals surface area (Å²) in [5.41, 5.74) is 1.63. The van der Waals surface area contributed by atoms with Crippen LogP contribution in [0, 0.1) is 0 Å². The van der Waals surface area contributed by atoms with Crippen molar-refractivity contribution in [3.8, 4) is 16.9 Å². The van der Waals surface area contributed by atoms with Gasteiger partial charge in [0.15, 0.2) is 17.7 Å². The van der Waals surface area contributed by atoms with Gasteiger partial charge >= 0.3 is 11.9 Å². The molecule has 0 saturated carbocycles. The summed E-state index contributed by atoms with van der Waals surface area (Å²) in [7, 11) is 0. The lowest BCUT2D eigenvalue weighted by molar-refractivity contribution is -0.362. The van der Waals surface area contributed by atoms with E-state index >= 15 is 0 Å². The predicted molar refractivity (Wildman–Crippen MR) is 155 cm³/mol. The molecule has 6 atom stereocenters. The van der Waals surface area contributed by atoms with Crippen molar-refractivity contribution in [2.75, 3.05) is 13.2 Å². The molecule has 0 radical (unpaired) electrons. The van der Waals surface area contributed by atoms with E-state index in [1.807, 2.05) is 52.0 Å². The van der Waals surface area contributed by atoms with Crippen molar-refractivity contribution in [2.24, 2.45) is 0 Å². The Morgan fingerprint density at radius 3 is 2.45 bits per heavy atom. The van der Waals surface area contributed by atoms with Crippen LogP contribution in [-0.2, 0) is 38.0 Å². The number of benzene rings is 2. The van der Waals surface area contributed by atoms with Crippen LogP contribution in [0.1, 0.15) is 57.8 Å². The molecular weight excluding hydrogens is 574 g/mol. The first-order valence-corrected chi connectivity index (χ1v) is 14.7. The fraction of sp³-hybridized carbons (Fsp3) is 0.531. The monoisotopic (exact) mass is 613 g/mol. The molecule has 2 N–H and O–H groups in total. The molecule has 44 heavy (non-hydrogen) atoms. The van der Waals surface area contributed by atoms with Crippen molar-refractivity contribution in [1.29, 1.82) is 0 Å². The number of rotatable bonds is 10. The zero-order chi connectivity index (χ0) is 31.6. The molecule has 3 aliphatic heterocycles. The standard InChI is InChI=1S/C32H39NO11/c1-6-38-29(37)21(14-15-24(34)35)33-28(36)19-11-9-10-18(16-19)20-12-7-8-13-22(20)40-30-27-26(43-32(4,5)44-27)25-23(41-30)17-39-31(2,3)42-25/h7-13,16,21,23,25-27,30H,6,14-15,17H2,1-5H3,(H,33,36)(H,34,35)/t21-,23+,25+,26-,27-,30-/m0/s1. The molecule has 12 nitrogen and oxygen atoms in total. The number of carboxylic acid groups (broad SMARTS) is 1. The average molecular weight is 614 g/mol. The second-order valence-electron chi connectivity index (χ2n) is 11.8. The molecule has 12 heteroatoms. The molecular formula is C32H39NO11. The quantitative estimate of drug-likeness (QED) is 0.378. The van der Waals surface area contributed by atoms with Gasteiger partial charge in [0.05, 0.1) is 13.2 Å². The van der Waals surface area contributed by atoms with Gasteiger partial charge in [0, 0.05) is 17.5 Å². The normalized spacial score (nSPS) is 27.3. The lowest BCUT2D eigenvalue weighted by atomic mass is 9.97. The van der Waals surface area contributed by atoms with E-state index in [1.54, 1.807) is 31.2 Å². The van der Waals surface area contributed by atoms with Gasteiger partial charge in [-0.3, -0.25) is 9.59 Å². The van der Waals surface area contributed by atoms with E-state index in [0.717, 1.165) is 0 Å². The number of esters is 1. The van der Waals surface area contributed by atoms with Crippen molar-refractivity contribution in [3.63, 3.8) is 0 Å². The maximum absolute atomic E-state index is 13.2. The highest BCUT2D eigenvalue weighted by molar-refractivity contribution is 5.98. The Morgan fingerprint density at radius 1 is 0.977 bits per heavy atom. The van der Waals surface area contributed by atoms with E-state index in [1.165, 1.54) is 0 Å². The van der Waals surface area contributed by atoms with Crippen molar-refractivity contribution in [3.05, 3.63) is 54.1 Å². The minimum absolute atomic E-state index is 0.0994. The summed E-state index contributed by atoms with van der Waals surface area (Å²) in [6, 6.07) is 13.0. The second kappa shape index (κ2) is 12.8. The zero-order valence-corrected chi connectivity index (χ0v) is 25.4. The largest absolute Gasteiger partial charge is 0.481 e. The molecule has 3 fully saturated rings. The van der Waals surface area contributed by atoms with Crippen molar-refractivity contribution >= 4 is 17.8 Å².